The first-order valence-corrected chi connectivity index (χ1v) is 6.25. The highest BCUT2D eigenvalue weighted by Crippen LogP contribution is 2.33. The van der Waals surface area contributed by atoms with Crippen molar-refractivity contribution in [2.45, 2.75) is 46.1 Å². The third-order valence-electron chi connectivity index (χ3n) is 3.09. The maximum absolute atomic E-state index is 5.50. The van der Waals surface area contributed by atoms with E-state index in [0.29, 0.717) is 6.04 Å². The quantitative estimate of drug-likeness (QED) is 0.601. The molecule has 5 heteroatoms. The van der Waals surface area contributed by atoms with E-state index in [9.17, 15) is 0 Å². The largest absolute Gasteiger partial charge is 0.353 e. The van der Waals surface area contributed by atoms with E-state index in [1.54, 1.807) is 0 Å². The van der Waals surface area contributed by atoms with Crippen molar-refractivity contribution in [1.29, 1.82) is 0 Å². The van der Waals surface area contributed by atoms with Gasteiger partial charge in [-0.05, 0) is 33.1 Å². The first-order valence-electron chi connectivity index (χ1n) is 6.25. The molecule has 1 aliphatic rings. The van der Waals surface area contributed by atoms with Crippen LogP contribution in [-0.2, 0) is 0 Å². The molecule has 1 aliphatic carbocycles. The number of nitrogens with two attached hydrogens (primary N) is 1. The monoisotopic (exact) mass is 235 g/mol. The molecule has 1 aromatic heterocycles. The van der Waals surface area contributed by atoms with Crippen molar-refractivity contribution in [2.24, 2.45) is 5.84 Å². The summed E-state index contributed by atoms with van der Waals surface area (Å²) in [6, 6.07) is 0.661. The zero-order chi connectivity index (χ0) is 12.4. The highest BCUT2D eigenvalue weighted by Gasteiger charge is 2.31. The second kappa shape index (κ2) is 4.87. The van der Waals surface area contributed by atoms with Gasteiger partial charge in [0.05, 0.1) is 0 Å². The lowest BCUT2D eigenvalue weighted by molar-refractivity contribution is 0.742. The average Bonchev–Trinajstić information content (AvgIpc) is 3.13. The molecule has 0 amide bonds. The predicted octanol–water partition coefficient (Wildman–Crippen LogP) is 1.76. The second-order valence-electron chi connectivity index (χ2n) is 4.64. The van der Waals surface area contributed by atoms with Gasteiger partial charge in [-0.1, -0.05) is 6.92 Å². The van der Waals surface area contributed by atoms with Crippen molar-refractivity contribution < 1.29 is 0 Å². The summed E-state index contributed by atoms with van der Waals surface area (Å²) in [6.45, 7) is 7.17. The number of rotatable bonds is 5. The van der Waals surface area contributed by atoms with Gasteiger partial charge < -0.3 is 10.3 Å². The molecule has 5 nitrogen and oxygen atoms in total. The fraction of sp³-hybridized carbons (Fsp3) is 0.667. The Kier molecular flexibility index (Phi) is 3.47. The van der Waals surface area contributed by atoms with Crippen LogP contribution in [0.4, 0.5) is 11.6 Å². The van der Waals surface area contributed by atoms with E-state index in [1.165, 1.54) is 12.8 Å². The molecule has 2 rings (SSSR count). The van der Waals surface area contributed by atoms with Crippen LogP contribution in [0.2, 0.25) is 0 Å². The molecule has 0 aromatic carbocycles. The lowest BCUT2D eigenvalue weighted by Crippen LogP contribution is -2.29. The summed E-state index contributed by atoms with van der Waals surface area (Å²) in [5, 5.41) is 0. The number of nitrogens with one attached hydrogen (secondary N) is 1. The van der Waals surface area contributed by atoms with Crippen molar-refractivity contribution in [1.82, 2.24) is 9.97 Å². The van der Waals surface area contributed by atoms with Crippen molar-refractivity contribution >= 4 is 11.6 Å². The van der Waals surface area contributed by atoms with Gasteiger partial charge in [0.2, 0.25) is 0 Å². The molecule has 0 atom stereocenters. The van der Waals surface area contributed by atoms with Crippen molar-refractivity contribution in [3.63, 3.8) is 0 Å². The number of anilines is 2. The highest BCUT2D eigenvalue weighted by molar-refractivity contribution is 5.59. The number of nitrogens with zero attached hydrogens (tertiary/aromatic N) is 3. The Morgan fingerprint density at radius 3 is 2.59 bits per heavy atom. The van der Waals surface area contributed by atoms with Gasteiger partial charge in [0.15, 0.2) is 0 Å². The summed E-state index contributed by atoms with van der Waals surface area (Å²) in [7, 11) is 0. The fourth-order valence-electron chi connectivity index (χ4n) is 2.12. The zero-order valence-corrected chi connectivity index (χ0v) is 10.8. The first-order chi connectivity index (χ1) is 8.17. The van der Waals surface area contributed by atoms with E-state index in [2.05, 4.69) is 27.2 Å². The van der Waals surface area contributed by atoms with E-state index in [4.69, 9.17) is 5.84 Å². The number of hydrazine groups is 1. The third kappa shape index (κ3) is 2.49. The summed E-state index contributed by atoms with van der Waals surface area (Å²) in [5.41, 5.74) is 3.70. The smallest absolute Gasteiger partial charge is 0.148 e. The van der Waals surface area contributed by atoms with Crippen LogP contribution in [-0.4, -0.2) is 22.6 Å². The minimum atomic E-state index is 0.661. The van der Waals surface area contributed by atoms with Gasteiger partial charge >= 0.3 is 0 Å². The molecular weight excluding hydrogens is 214 g/mol. The van der Waals surface area contributed by atoms with Crippen LogP contribution in [0.15, 0.2) is 0 Å². The second-order valence-corrected chi connectivity index (χ2v) is 4.64. The zero-order valence-electron chi connectivity index (χ0n) is 10.8. The minimum absolute atomic E-state index is 0.661. The highest BCUT2D eigenvalue weighted by atomic mass is 15.3. The van der Waals surface area contributed by atoms with Gasteiger partial charge in [-0.2, -0.15) is 0 Å². The van der Waals surface area contributed by atoms with Crippen molar-refractivity contribution in [3.05, 3.63) is 11.4 Å². The van der Waals surface area contributed by atoms with Gasteiger partial charge in [0.1, 0.15) is 17.5 Å². The van der Waals surface area contributed by atoms with E-state index >= 15 is 0 Å². The van der Waals surface area contributed by atoms with Gasteiger partial charge in [0.25, 0.3) is 0 Å². The van der Waals surface area contributed by atoms with Crippen LogP contribution >= 0.6 is 0 Å². The molecule has 1 heterocycles. The normalized spacial score (nSPS) is 14.8. The SMILES string of the molecule is CCCN(c1nc(C)nc(NN)c1C)C1CC1. The molecule has 94 valence electrons. The van der Waals surface area contributed by atoms with Crippen LogP contribution in [0.5, 0.6) is 0 Å². The van der Waals surface area contributed by atoms with Crippen molar-refractivity contribution in [2.75, 3.05) is 16.9 Å². The Bertz CT molecular complexity index is 400. The Hall–Kier alpha value is -1.36. The number of nitrogen functional groups attached to an aromatic ring is 1. The number of aromatic nitrogens is 2. The predicted molar refractivity (Wildman–Crippen MR) is 70.0 cm³/mol. The van der Waals surface area contributed by atoms with Gasteiger partial charge in [-0.15, -0.1) is 0 Å². The minimum Gasteiger partial charge on any atom is -0.353 e. The Morgan fingerprint density at radius 1 is 1.35 bits per heavy atom. The van der Waals surface area contributed by atoms with E-state index in [1.807, 2.05) is 13.8 Å². The lowest BCUT2D eigenvalue weighted by atomic mass is 10.2. The van der Waals surface area contributed by atoms with E-state index in [-0.39, 0.29) is 0 Å². The molecule has 0 spiro atoms. The van der Waals surface area contributed by atoms with Crippen LogP contribution < -0.4 is 16.2 Å². The number of hydrogen-bond acceptors (Lipinski definition) is 5. The van der Waals surface area contributed by atoms with Crippen molar-refractivity contribution in [3.8, 4) is 0 Å². The molecule has 0 saturated heterocycles. The molecule has 17 heavy (non-hydrogen) atoms. The van der Waals surface area contributed by atoms with Gasteiger partial charge in [-0.25, -0.2) is 15.8 Å². The Morgan fingerprint density at radius 2 is 2.06 bits per heavy atom. The molecule has 0 bridgehead atoms. The van der Waals surface area contributed by atoms with Gasteiger partial charge in [-0.3, -0.25) is 0 Å². The standard InChI is InChI=1S/C12H21N5/c1-4-7-17(10-5-6-10)12-8(2)11(16-13)14-9(3)15-12/h10H,4-7,13H2,1-3H3,(H,14,15,16). The Balaban J connectivity index is 2.37. The summed E-state index contributed by atoms with van der Waals surface area (Å²) in [6.07, 6.45) is 3.67. The molecule has 1 aromatic rings. The molecule has 0 radical (unpaired) electrons. The summed E-state index contributed by atoms with van der Waals surface area (Å²) in [4.78, 5) is 11.3. The fourth-order valence-corrected chi connectivity index (χ4v) is 2.12. The topological polar surface area (TPSA) is 67.1 Å². The summed E-state index contributed by atoms with van der Waals surface area (Å²) in [5.74, 6) is 8.03. The molecule has 0 aliphatic heterocycles. The van der Waals surface area contributed by atoms with Crippen LogP contribution in [0.1, 0.15) is 37.6 Å². The molecule has 1 fully saturated rings. The maximum Gasteiger partial charge on any atom is 0.148 e. The van der Waals surface area contributed by atoms with Crippen LogP contribution in [0.25, 0.3) is 0 Å². The summed E-state index contributed by atoms with van der Waals surface area (Å²) >= 11 is 0. The van der Waals surface area contributed by atoms with E-state index in [0.717, 1.165) is 36.0 Å². The Labute approximate surface area is 102 Å². The average molecular weight is 235 g/mol. The van der Waals surface area contributed by atoms with E-state index < -0.39 is 0 Å². The lowest BCUT2D eigenvalue weighted by Gasteiger charge is -2.25. The molecule has 3 N–H and O–H groups in total. The molecule has 1 saturated carbocycles. The van der Waals surface area contributed by atoms with Gasteiger partial charge in [0, 0.05) is 18.2 Å². The molecular formula is C12H21N5. The first kappa shape index (κ1) is 12.1. The number of hydrogen-bond donors (Lipinski definition) is 2. The molecule has 0 unspecified atom stereocenters. The maximum atomic E-state index is 5.50. The van der Waals surface area contributed by atoms with Crippen LogP contribution in [0.3, 0.4) is 0 Å². The third-order valence-corrected chi connectivity index (χ3v) is 3.09. The summed E-state index contributed by atoms with van der Waals surface area (Å²) < 4.78 is 0. The number of aryl methyl sites for hydroxylation is 1. The van der Waals surface area contributed by atoms with Crippen LogP contribution in [0, 0.1) is 13.8 Å².